The topological polar surface area (TPSA) is 69.6 Å². The minimum atomic E-state index is 0.572. The molecule has 0 radical (unpaired) electrons. The van der Waals surface area contributed by atoms with E-state index in [2.05, 4.69) is 80.2 Å². The Morgan fingerprint density at radius 3 is 1.74 bits per heavy atom. The van der Waals surface area contributed by atoms with Crippen molar-refractivity contribution in [2.45, 2.75) is 0 Å². The van der Waals surface area contributed by atoms with Gasteiger partial charge in [-0.2, -0.15) is 0 Å². The molecule has 0 saturated heterocycles. The molecule has 216 valence electrons. The van der Waals surface area contributed by atoms with Crippen LogP contribution >= 0.6 is 0 Å². The zero-order valence-electron chi connectivity index (χ0n) is 24.6. The lowest BCUT2D eigenvalue weighted by atomic mass is 10.0. The highest BCUT2D eigenvalue weighted by Crippen LogP contribution is 2.38. The monoisotopic (exact) mass is 591 g/mol. The minimum absolute atomic E-state index is 0.572. The fraction of sp³-hybridized carbons (Fsp3) is 0. The van der Waals surface area contributed by atoms with Crippen LogP contribution in [0.25, 0.3) is 83.8 Å². The van der Waals surface area contributed by atoms with Gasteiger partial charge in [-0.05, 0) is 84.9 Å². The van der Waals surface area contributed by atoms with E-state index in [0.29, 0.717) is 5.89 Å². The van der Waals surface area contributed by atoms with Gasteiger partial charge in [-0.15, -0.1) is 0 Å². The van der Waals surface area contributed by atoms with Crippen molar-refractivity contribution >= 4 is 32.9 Å². The lowest BCUT2D eigenvalue weighted by Crippen LogP contribution is -1.97. The number of pyridine rings is 3. The van der Waals surface area contributed by atoms with Crippen LogP contribution in [0.4, 0.5) is 0 Å². The minimum Gasteiger partial charge on any atom is -0.436 e. The third kappa shape index (κ3) is 4.43. The summed E-state index contributed by atoms with van der Waals surface area (Å²) in [5.41, 5.74) is 11.3. The highest BCUT2D eigenvalue weighted by molar-refractivity contribution is 6.10. The van der Waals surface area contributed by atoms with E-state index in [1.807, 2.05) is 85.2 Å². The van der Waals surface area contributed by atoms with Gasteiger partial charge in [-0.3, -0.25) is 15.0 Å². The lowest BCUT2D eigenvalue weighted by molar-refractivity contribution is 0.620. The molecule has 9 rings (SSSR count). The summed E-state index contributed by atoms with van der Waals surface area (Å²) in [5, 5.41) is 2.32. The number of hydrogen-bond acceptors (Lipinski definition) is 5. The van der Waals surface area contributed by atoms with E-state index in [4.69, 9.17) is 9.40 Å². The molecule has 4 aromatic carbocycles. The summed E-state index contributed by atoms with van der Waals surface area (Å²) in [6.45, 7) is 0. The quantitative estimate of drug-likeness (QED) is 0.199. The fourth-order valence-corrected chi connectivity index (χ4v) is 6.23. The number of hydrogen-bond donors (Lipinski definition) is 0. The zero-order chi connectivity index (χ0) is 30.5. The smallest absolute Gasteiger partial charge is 0.227 e. The molecule has 6 nitrogen and oxygen atoms in total. The standard InChI is InChI=1S/C40H25N5O/c1-2-13-37-31(9-1)32-16-14-27(40-44-36-17-15-26(25-39(36)46-40)33-10-3-6-18-41-33)24-38(32)45(37)30-22-28(34-11-4-7-19-42-34)21-29(23-30)35-12-5-8-20-43-35/h1-25H. The van der Waals surface area contributed by atoms with Crippen molar-refractivity contribution in [1.82, 2.24) is 24.5 Å². The summed E-state index contributed by atoms with van der Waals surface area (Å²) < 4.78 is 8.69. The highest BCUT2D eigenvalue weighted by atomic mass is 16.3. The van der Waals surface area contributed by atoms with Crippen LogP contribution in [0.15, 0.2) is 156 Å². The molecule has 9 aromatic rings. The summed E-state index contributed by atoms with van der Waals surface area (Å²) in [6.07, 6.45) is 5.45. The Balaban J connectivity index is 1.25. The number of nitrogens with zero attached hydrogens (tertiary/aromatic N) is 5. The highest BCUT2D eigenvalue weighted by Gasteiger charge is 2.17. The van der Waals surface area contributed by atoms with E-state index in [-0.39, 0.29) is 0 Å². The predicted octanol–water partition coefficient (Wildman–Crippen LogP) is 9.78. The fourth-order valence-electron chi connectivity index (χ4n) is 6.23. The predicted molar refractivity (Wildman–Crippen MR) is 183 cm³/mol. The third-order valence-corrected chi connectivity index (χ3v) is 8.37. The first-order valence-electron chi connectivity index (χ1n) is 15.1. The molecular weight excluding hydrogens is 566 g/mol. The molecule has 0 fully saturated rings. The molecule has 0 spiro atoms. The maximum atomic E-state index is 6.37. The maximum absolute atomic E-state index is 6.37. The van der Waals surface area contributed by atoms with Gasteiger partial charge >= 0.3 is 0 Å². The Bertz CT molecular complexity index is 2460. The zero-order valence-corrected chi connectivity index (χ0v) is 24.6. The first kappa shape index (κ1) is 26.0. The van der Waals surface area contributed by atoms with Crippen LogP contribution in [0, 0.1) is 0 Å². The number of benzene rings is 4. The number of fused-ring (bicyclic) bond motifs is 4. The second kappa shape index (κ2) is 10.6. The van der Waals surface area contributed by atoms with Gasteiger partial charge in [0.15, 0.2) is 5.58 Å². The summed E-state index contributed by atoms with van der Waals surface area (Å²) in [4.78, 5) is 18.7. The van der Waals surface area contributed by atoms with Gasteiger partial charge in [0.05, 0.1) is 28.1 Å². The Hall–Kier alpha value is -6.40. The van der Waals surface area contributed by atoms with Gasteiger partial charge < -0.3 is 8.98 Å². The first-order valence-corrected chi connectivity index (χ1v) is 15.1. The van der Waals surface area contributed by atoms with Crippen molar-refractivity contribution in [1.29, 1.82) is 0 Å². The molecule has 5 heterocycles. The Morgan fingerprint density at radius 1 is 0.457 bits per heavy atom. The van der Waals surface area contributed by atoms with E-state index < -0.39 is 0 Å². The average molecular weight is 592 g/mol. The second-order valence-electron chi connectivity index (χ2n) is 11.2. The summed E-state index contributed by atoms with van der Waals surface area (Å²) in [7, 11) is 0. The Morgan fingerprint density at radius 2 is 1.07 bits per heavy atom. The molecule has 0 N–H and O–H groups in total. The molecule has 0 unspecified atom stereocenters. The van der Waals surface area contributed by atoms with E-state index in [0.717, 1.165) is 72.5 Å². The average Bonchev–Trinajstić information content (AvgIpc) is 3.71. The van der Waals surface area contributed by atoms with Crippen LogP contribution in [-0.2, 0) is 0 Å². The van der Waals surface area contributed by atoms with E-state index in [1.165, 1.54) is 5.39 Å². The maximum Gasteiger partial charge on any atom is 0.227 e. The molecule has 5 aromatic heterocycles. The normalized spacial score (nSPS) is 11.5. The van der Waals surface area contributed by atoms with Gasteiger partial charge in [-0.25, -0.2) is 4.98 Å². The van der Waals surface area contributed by atoms with Gasteiger partial charge in [0, 0.05) is 57.3 Å². The van der Waals surface area contributed by atoms with Crippen LogP contribution in [0.5, 0.6) is 0 Å². The van der Waals surface area contributed by atoms with E-state index in [1.54, 1.807) is 6.20 Å². The van der Waals surface area contributed by atoms with Crippen molar-refractivity contribution in [2.24, 2.45) is 0 Å². The van der Waals surface area contributed by atoms with E-state index in [9.17, 15) is 0 Å². The summed E-state index contributed by atoms with van der Waals surface area (Å²) in [6, 6.07) is 45.4. The SMILES string of the molecule is c1ccc(-c2cc(-c3ccccn3)cc(-n3c4ccccc4c4ccc(-c5nc6ccc(-c7ccccn7)cc6o5)cc43)c2)nc1. The number of para-hydroxylation sites is 1. The van der Waals surface area contributed by atoms with Crippen LogP contribution in [0.1, 0.15) is 0 Å². The number of rotatable bonds is 5. The van der Waals surface area contributed by atoms with E-state index >= 15 is 0 Å². The van der Waals surface area contributed by atoms with Crippen LogP contribution < -0.4 is 0 Å². The van der Waals surface area contributed by atoms with Gasteiger partial charge in [-0.1, -0.05) is 48.5 Å². The summed E-state index contributed by atoms with van der Waals surface area (Å²) >= 11 is 0. The molecule has 0 atom stereocenters. The molecular formula is C40H25N5O. The molecule has 0 bridgehead atoms. The second-order valence-corrected chi connectivity index (χ2v) is 11.2. The molecule has 0 amide bonds. The Kier molecular flexibility index (Phi) is 6.03. The largest absolute Gasteiger partial charge is 0.436 e. The van der Waals surface area contributed by atoms with Crippen molar-refractivity contribution < 1.29 is 4.42 Å². The van der Waals surface area contributed by atoms with Gasteiger partial charge in [0.25, 0.3) is 0 Å². The molecule has 0 aliphatic heterocycles. The van der Waals surface area contributed by atoms with Crippen LogP contribution in [0.2, 0.25) is 0 Å². The Labute approximate surface area is 264 Å². The molecule has 0 aliphatic rings. The number of oxazole rings is 1. The number of aromatic nitrogens is 5. The van der Waals surface area contributed by atoms with Crippen molar-refractivity contribution in [3.05, 3.63) is 152 Å². The van der Waals surface area contributed by atoms with Crippen molar-refractivity contribution in [3.63, 3.8) is 0 Å². The molecule has 0 aliphatic carbocycles. The molecule has 46 heavy (non-hydrogen) atoms. The van der Waals surface area contributed by atoms with Crippen LogP contribution in [-0.4, -0.2) is 24.5 Å². The van der Waals surface area contributed by atoms with Gasteiger partial charge in [0.2, 0.25) is 5.89 Å². The first-order chi connectivity index (χ1) is 22.8. The lowest BCUT2D eigenvalue weighted by Gasteiger charge is -2.13. The van der Waals surface area contributed by atoms with Crippen molar-refractivity contribution in [2.75, 3.05) is 0 Å². The van der Waals surface area contributed by atoms with Crippen LogP contribution in [0.3, 0.4) is 0 Å². The molecule has 0 saturated carbocycles. The summed E-state index contributed by atoms with van der Waals surface area (Å²) in [5.74, 6) is 0.572. The molecule has 6 heteroatoms. The third-order valence-electron chi connectivity index (χ3n) is 8.37. The van der Waals surface area contributed by atoms with Crippen molar-refractivity contribution in [3.8, 4) is 50.9 Å². The van der Waals surface area contributed by atoms with Gasteiger partial charge in [0.1, 0.15) is 5.52 Å².